The first-order valence-corrected chi connectivity index (χ1v) is 26.5. The number of hydrogen-bond acceptors (Lipinski definition) is 9. The van der Waals surface area contributed by atoms with Gasteiger partial charge in [-0.2, -0.15) is 0 Å². The molecule has 394 valence electrons. The molecule has 1 saturated heterocycles. The highest BCUT2D eigenvalue weighted by atomic mass is 16.2. The Morgan fingerprint density at radius 3 is 1.60 bits per heavy atom. The molecule has 70 heavy (non-hydrogen) atoms. The SMILES string of the molecule is CCCC(=O)CCCCCC1NC(=O)[C@@H](C(C)CC)NC(=O)[C@H](C(C)CC)CC(=O)[C@@H](C)NC(=O)[C@H](C(C)CC)NC(=O)[C@@H](CC(C)C)NC(=O)[C@@H](Cc2ccccc2)CC(=O)[C@H](C(C)CC)NC1=O. The van der Waals surface area contributed by atoms with Gasteiger partial charge in [0.05, 0.1) is 12.1 Å². The number of hydrogen-bond donors (Lipinski definition) is 6. The van der Waals surface area contributed by atoms with Crippen LogP contribution in [0.2, 0.25) is 0 Å². The van der Waals surface area contributed by atoms with Crippen molar-refractivity contribution in [3.05, 3.63) is 35.9 Å². The zero-order chi connectivity index (χ0) is 52.7. The molecule has 6 N–H and O–H groups in total. The fraction of sp³-hybridized carbons (Fsp3) is 0.727. The van der Waals surface area contributed by atoms with Gasteiger partial charge < -0.3 is 31.9 Å². The van der Waals surface area contributed by atoms with Gasteiger partial charge in [0.1, 0.15) is 30.0 Å². The highest BCUT2D eigenvalue weighted by Gasteiger charge is 2.39. The molecule has 5 unspecified atom stereocenters. The summed E-state index contributed by atoms with van der Waals surface area (Å²) >= 11 is 0. The van der Waals surface area contributed by atoms with Gasteiger partial charge >= 0.3 is 0 Å². The Bertz CT molecular complexity index is 1870. The molecule has 0 aliphatic carbocycles. The van der Waals surface area contributed by atoms with Crippen LogP contribution in [0.3, 0.4) is 0 Å². The summed E-state index contributed by atoms with van der Waals surface area (Å²) in [5, 5.41) is 17.4. The van der Waals surface area contributed by atoms with Gasteiger partial charge in [0.15, 0.2) is 11.6 Å². The molecule has 0 saturated carbocycles. The maximum atomic E-state index is 14.7. The Balaban J connectivity index is 2.81. The third-order valence-corrected chi connectivity index (χ3v) is 14.5. The summed E-state index contributed by atoms with van der Waals surface area (Å²) < 4.78 is 0. The van der Waals surface area contributed by atoms with Crippen LogP contribution in [0.4, 0.5) is 0 Å². The highest BCUT2D eigenvalue weighted by Crippen LogP contribution is 2.24. The molecule has 1 aromatic carbocycles. The van der Waals surface area contributed by atoms with Crippen molar-refractivity contribution in [1.82, 2.24) is 31.9 Å². The van der Waals surface area contributed by atoms with E-state index in [1.807, 2.05) is 106 Å². The van der Waals surface area contributed by atoms with Crippen molar-refractivity contribution in [2.45, 2.75) is 216 Å². The summed E-state index contributed by atoms with van der Waals surface area (Å²) in [7, 11) is 0. The number of ketones is 3. The van der Waals surface area contributed by atoms with Gasteiger partial charge in [-0.25, -0.2) is 0 Å². The molecule has 1 aliphatic heterocycles. The fourth-order valence-corrected chi connectivity index (χ4v) is 8.86. The van der Waals surface area contributed by atoms with Gasteiger partial charge in [-0.1, -0.05) is 145 Å². The van der Waals surface area contributed by atoms with Gasteiger partial charge in [-0.05, 0) is 74.2 Å². The number of rotatable bonds is 20. The molecule has 1 fully saturated rings. The van der Waals surface area contributed by atoms with Crippen LogP contribution < -0.4 is 31.9 Å². The first kappa shape index (κ1) is 61.2. The van der Waals surface area contributed by atoms with E-state index in [-0.39, 0.29) is 61.6 Å². The van der Waals surface area contributed by atoms with Crippen molar-refractivity contribution < 1.29 is 43.2 Å². The summed E-state index contributed by atoms with van der Waals surface area (Å²) in [4.78, 5) is 127. The predicted octanol–water partition coefficient (Wildman–Crippen LogP) is 6.87. The Labute approximate surface area is 419 Å². The van der Waals surface area contributed by atoms with Crippen LogP contribution >= 0.6 is 0 Å². The van der Waals surface area contributed by atoms with Crippen LogP contribution in [-0.4, -0.2) is 89.0 Å². The number of Topliss-reactive ketones (excluding diaryl/α,β-unsaturated/α-hetero) is 3. The normalized spacial score (nSPS) is 26.1. The number of carbonyl (C=O) groups is 9. The smallest absolute Gasteiger partial charge is 0.243 e. The Morgan fingerprint density at radius 1 is 0.529 bits per heavy atom. The number of carbonyl (C=O) groups excluding carboxylic acids is 9. The fourth-order valence-electron chi connectivity index (χ4n) is 8.86. The minimum atomic E-state index is -1.12. The molecule has 0 bridgehead atoms. The maximum absolute atomic E-state index is 14.7. The maximum Gasteiger partial charge on any atom is 0.243 e. The zero-order valence-electron chi connectivity index (χ0n) is 44.7. The summed E-state index contributed by atoms with van der Waals surface area (Å²) in [5.41, 5.74) is 0.785. The second kappa shape index (κ2) is 31.4. The molecule has 15 nitrogen and oxygen atoms in total. The standard InChI is InChI=1S/C55H90N6O9/c1-13-24-41(62)27-22-19-23-28-43-52(67)59-47(35(9)15-3)46(64)31-40(30-39-25-20-18-21-26-39)50(65)58-44(29-33(6)7)53(68)61-48(36(10)16-4)54(69)56-38(12)45(63)32-42(34(8)14-2)51(66)60-49(37(11)17-5)55(70)57-43/h18,20-21,25-26,33-38,40,42-44,47-49H,13-17,19,22-24,27-32H2,1-12H3,(H,56,69)(H,57,70)(H,58,65)(H,59,67)(H,60,66)(H,61,68)/t34?,35?,36?,37?,38-,40+,42+,43?,44-,47+,48+,49-/m1/s1. The molecule has 6 amide bonds. The van der Waals surface area contributed by atoms with Crippen LogP contribution in [0.25, 0.3) is 0 Å². The van der Waals surface area contributed by atoms with Gasteiger partial charge in [0.25, 0.3) is 0 Å². The van der Waals surface area contributed by atoms with E-state index in [0.29, 0.717) is 57.8 Å². The zero-order valence-corrected chi connectivity index (χ0v) is 44.7. The molecule has 1 aliphatic rings. The van der Waals surface area contributed by atoms with Crippen LogP contribution in [0.15, 0.2) is 30.3 Å². The second-order valence-electron chi connectivity index (χ2n) is 20.7. The van der Waals surface area contributed by atoms with Crippen LogP contribution in [0.5, 0.6) is 0 Å². The summed E-state index contributed by atoms with van der Waals surface area (Å²) in [6, 6.07) is 2.75. The molecule has 0 spiro atoms. The lowest BCUT2D eigenvalue weighted by atomic mass is 9.84. The third-order valence-electron chi connectivity index (χ3n) is 14.5. The average Bonchev–Trinajstić information content (AvgIpc) is 3.33. The molecular weight excluding hydrogens is 889 g/mol. The molecule has 1 aromatic rings. The van der Waals surface area contributed by atoms with E-state index < -0.39 is 101 Å². The summed E-state index contributed by atoms with van der Waals surface area (Å²) in [6.07, 6.45) is 5.45. The van der Waals surface area contributed by atoms with Crippen LogP contribution in [-0.2, 0) is 49.6 Å². The average molecular weight is 979 g/mol. The minimum Gasteiger partial charge on any atom is -0.345 e. The van der Waals surface area contributed by atoms with E-state index >= 15 is 0 Å². The molecule has 2 rings (SSSR count). The second-order valence-corrected chi connectivity index (χ2v) is 20.7. The lowest BCUT2D eigenvalue weighted by molar-refractivity contribution is -0.138. The molecule has 12 atom stereocenters. The lowest BCUT2D eigenvalue weighted by Crippen LogP contribution is -2.59. The van der Waals surface area contributed by atoms with E-state index in [2.05, 4.69) is 31.9 Å². The highest BCUT2D eigenvalue weighted by molar-refractivity contribution is 5.99. The Morgan fingerprint density at radius 2 is 1.04 bits per heavy atom. The molecule has 15 heteroatoms. The van der Waals surface area contributed by atoms with E-state index in [1.165, 1.54) is 6.92 Å². The number of nitrogens with one attached hydrogen (secondary N) is 6. The van der Waals surface area contributed by atoms with Crippen molar-refractivity contribution >= 4 is 52.8 Å². The quantitative estimate of drug-likeness (QED) is 0.0749. The van der Waals surface area contributed by atoms with Gasteiger partial charge in [0, 0.05) is 37.5 Å². The van der Waals surface area contributed by atoms with Crippen LogP contribution in [0, 0.1) is 41.4 Å². The van der Waals surface area contributed by atoms with Crippen molar-refractivity contribution in [2.75, 3.05) is 0 Å². The van der Waals surface area contributed by atoms with E-state index in [0.717, 1.165) is 12.0 Å². The van der Waals surface area contributed by atoms with E-state index in [1.54, 1.807) is 0 Å². The largest absolute Gasteiger partial charge is 0.345 e. The first-order valence-electron chi connectivity index (χ1n) is 26.5. The van der Waals surface area contributed by atoms with Gasteiger partial charge in [0.2, 0.25) is 35.4 Å². The summed E-state index contributed by atoms with van der Waals surface area (Å²) in [6.45, 7) is 22.2. The first-order chi connectivity index (χ1) is 33.1. The van der Waals surface area contributed by atoms with Gasteiger partial charge in [-0.15, -0.1) is 0 Å². The van der Waals surface area contributed by atoms with Crippen molar-refractivity contribution in [3.8, 4) is 0 Å². The van der Waals surface area contributed by atoms with Crippen LogP contribution in [0.1, 0.15) is 179 Å². The minimum absolute atomic E-state index is 0.0660. The van der Waals surface area contributed by atoms with Gasteiger partial charge in [-0.3, -0.25) is 43.2 Å². The molecule has 0 radical (unpaired) electrons. The Hall–Kier alpha value is -4.95. The molecule has 0 aromatic heterocycles. The van der Waals surface area contributed by atoms with E-state index in [9.17, 15) is 43.2 Å². The predicted molar refractivity (Wildman–Crippen MR) is 274 cm³/mol. The van der Waals surface area contributed by atoms with E-state index in [4.69, 9.17) is 0 Å². The van der Waals surface area contributed by atoms with Crippen molar-refractivity contribution in [2.24, 2.45) is 41.4 Å². The number of benzene rings is 1. The van der Waals surface area contributed by atoms with Crippen molar-refractivity contribution in [1.29, 1.82) is 0 Å². The summed E-state index contributed by atoms with van der Waals surface area (Å²) in [5.74, 6) is -7.38. The monoisotopic (exact) mass is 979 g/mol. The number of amides is 6. The Kier molecular flexibility index (Phi) is 27.4. The lowest BCUT2D eigenvalue weighted by Gasteiger charge is -2.31. The number of unbranched alkanes of at least 4 members (excludes halogenated alkanes) is 2. The molecular formula is C55H90N6O9. The van der Waals surface area contributed by atoms with Crippen molar-refractivity contribution in [3.63, 3.8) is 0 Å². The molecule has 1 heterocycles. The third kappa shape index (κ3) is 20.0. The topological polar surface area (TPSA) is 226 Å².